The van der Waals surface area contributed by atoms with Gasteiger partial charge >= 0.3 is 5.97 Å². The van der Waals surface area contributed by atoms with Crippen LogP contribution in [0.25, 0.3) is 0 Å². The lowest BCUT2D eigenvalue weighted by Gasteiger charge is -2.38. The Kier molecular flexibility index (Phi) is 3.93. The molecule has 0 aliphatic carbocycles. The number of aromatic carboxylic acids is 1. The van der Waals surface area contributed by atoms with Crippen molar-refractivity contribution in [3.63, 3.8) is 0 Å². The summed E-state index contributed by atoms with van der Waals surface area (Å²) >= 11 is 0. The normalized spacial score (nSPS) is 21.8. The van der Waals surface area contributed by atoms with E-state index in [9.17, 15) is 9.18 Å². The summed E-state index contributed by atoms with van der Waals surface area (Å²) < 4.78 is 25.3. The molecule has 2 saturated heterocycles. The van der Waals surface area contributed by atoms with Gasteiger partial charge in [-0.15, -0.1) is 0 Å². The molecular formula is C15H18FNO4. The van der Waals surface area contributed by atoms with E-state index in [1.165, 1.54) is 18.2 Å². The van der Waals surface area contributed by atoms with E-state index in [1.807, 2.05) is 0 Å². The van der Waals surface area contributed by atoms with Crippen LogP contribution in [0.4, 0.5) is 4.39 Å². The summed E-state index contributed by atoms with van der Waals surface area (Å²) in [5, 5.41) is 9.00. The van der Waals surface area contributed by atoms with E-state index in [1.54, 1.807) is 0 Å². The average Bonchev–Trinajstić information content (AvgIpc) is 2.89. The van der Waals surface area contributed by atoms with Crippen molar-refractivity contribution in [1.29, 1.82) is 0 Å². The molecule has 0 amide bonds. The van der Waals surface area contributed by atoms with E-state index in [2.05, 4.69) is 4.90 Å². The number of halogens is 1. The Hall–Kier alpha value is -1.50. The lowest BCUT2D eigenvalue weighted by molar-refractivity contribution is -0.190. The summed E-state index contributed by atoms with van der Waals surface area (Å²) in [5.41, 5.74) is 0.497. The third-order valence-electron chi connectivity index (χ3n) is 4.00. The Balaban J connectivity index is 1.74. The Morgan fingerprint density at radius 3 is 2.86 bits per heavy atom. The lowest BCUT2D eigenvalue weighted by atomic mass is 10.0. The first-order chi connectivity index (χ1) is 10.1. The first kappa shape index (κ1) is 14.4. The van der Waals surface area contributed by atoms with Gasteiger partial charge < -0.3 is 14.6 Å². The highest BCUT2D eigenvalue weighted by Crippen LogP contribution is 2.31. The number of carboxylic acid groups (broad SMARTS) is 1. The third-order valence-corrected chi connectivity index (χ3v) is 4.00. The molecular weight excluding hydrogens is 277 g/mol. The molecule has 0 bridgehead atoms. The number of piperidine rings is 1. The summed E-state index contributed by atoms with van der Waals surface area (Å²) in [5.74, 6) is -1.99. The van der Waals surface area contributed by atoms with Crippen molar-refractivity contribution in [1.82, 2.24) is 4.90 Å². The standard InChI is InChI=1S/C15H18FNO4/c16-13-3-2-11(14(18)19)8-12(13)9-17-5-1-4-15(10-17)20-6-7-21-15/h2-3,8H,1,4-7,9-10H2,(H,18,19). The molecule has 1 spiro atoms. The fourth-order valence-electron chi connectivity index (χ4n) is 3.01. The number of likely N-dealkylation sites (tertiary alicyclic amines) is 1. The predicted octanol–water partition coefficient (Wildman–Crippen LogP) is 1.86. The number of hydrogen-bond acceptors (Lipinski definition) is 4. The SMILES string of the molecule is O=C(O)c1ccc(F)c(CN2CCCC3(C2)OCCO3)c1. The van der Waals surface area contributed by atoms with Crippen molar-refractivity contribution >= 4 is 5.97 Å². The monoisotopic (exact) mass is 295 g/mol. The minimum Gasteiger partial charge on any atom is -0.478 e. The maximum Gasteiger partial charge on any atom is 0.335 e. The van der Waals surface area contributed by atoms with Gasteiger partial charge in [0.05, 0.1) is 25.3 Å². The van der Waals surface area contributed by atoms with Crippen molar-refractivity contribution < 1.29 is 23.8 Å². The largest absolute Gasteiger partial charge is 0.478 e. The van der Waals surface area contributed by atoms with Gasteiger partial charge in [0.15, 0.2) is 5.79 Å². The van der Waals surface area contributed by atoms with Crippen molar-refractivity contribution in [2.24, 2.45) is 0 Å². The van der Waals surface area contributed by atoms with Crippen LogP contribution in [0.2, 0.25) is 0 Å². The van der Waals surface area contributed by atoms with Crippen molar-refractivity contribution in [2.45, 2.75) is 25.2 Å². The van der Waals surface area contributed by atoms with Gasteiger partial charge in [-0.25, -0.2) is 9.18 Å². The van der Waals surface area contributed by atoms with Crippen LogP contribution in [-0.2, 0) is 16.0 Å². The first-order valence-corrected chi connectivity index (χ1v) is 7.10. The molecule has 0 aromatic heterocycles. The topological polar surface area (TPSA) is 59.0 Å². The molecule has 2 aliphatic heterocycles. The number of rotatable bonds is 3. The Labute approximate surface area is 122 Å². The molecule has 2 heterocycles. The maximum atomic E-state index is 13.9. The van der Waals surface area contributed by atoms with Crippen LogP contribution in [0.1, 0.15) is 28.8 Å². The highest BCUT2D eigenvalue weighted by molar-refractivity contribution is 5.87. The van der Waals surface area contributed by atoms with Crippen LogP contribution in [0, 0.1) is 5.82 Å². The fraction of sp³-hybridized carbons (Fsp3) is 0.533. The molecule has 3 rings (SSSR count). The van der Waals surface area contributed by atoms with Gasteiger partial charge in [-0.2, -0.15) is 0 Å². The minimum absolute atomic E-state index is 0.103. The van der Waals surface area contributed by atoms with Gasteiger partial charge in [0, 0.05) is 18.5 Å². The number of hydrogen-bond donors (Lipinski definition) is 1. The summed E-state index contributed by atoms with van der Waals surface area (Å²) in [6.07, 6.45) is 1.77. The zero-order valence-corrected chi connectivity index (χ0v) is 11.7. The molecule has 0 radical (unpaired) electrons. The number of benzene rings is 1. The quantitative estimate of drug-likeness (QED) is 0.922. The molecule has 1 aromatic rings. The zero-order valence-electron chi connectivity index (χ0n) is 11.7. The Morgan fingerprint density at radius 1 is 1.38 bits per heavy atom. The second-order valence-corrected chi connectivity index (χ2v) is 5.53. The number of carboxylic acids is 1. The van der Waals surface area contributed by atoms with E-state index < -0.39 is 11.8 Å². The molecule has 0 atom stereocenters. The van der Waals surface area contributed by atoms with Crippen LogP contribution in [0.3, 0.4) is 0 Å². The van der Waals surface area contributed by atoms with Gasteiger partial charge in [-0.05, 0) is 31.2 Å². The lowest BCUT2D eigenvalue weighted by Crippen LogP contribution is -2.48. The third kappa shape index (κ3) is 3.07. The molecule has 6 heteroatoms. The number of ether oxygens (including phenoxy) is 2. The van der Waals surface area contributed by atoms with Gasteiger partial charge in [0.2, 0.25) is 0 Å². The maximum absolute atomic E-state index is 13.9. The molecule has 2 aliphatic rings. The summed E-state index contributed by atoms with van der Waals surface area (Å²) in [4.78, 5) is 13.0. The molecule has 0 saturated carbocycles. The zero-order chi connectivity index (χ0) is 14.9. The predicted molar refractivity (Wildman–Crippen MR) is 72.5 cm³/mol. The van der Waals surface area contributed by atoms with Crippen molar-refractivity contribution in [3.8, 4) is 0 Å². The van der Waals surface area contributed by atoms with Crippen LogP contribution in [0.15, 0.2) is 18.2 Å². The van der Waals surface area contributed by atoms with Crippen LogP contribution < -0.4 is 0 Å². The summed E-state index contributed by atoms with van der Waals surface area (Å²) in [6, 6.07) is 3.89. The highest BCUT2D eigenvalue weighted by Gasteiger charge is 2.40. The van der Waals surface area contributed by atoms with E-state index >= 15 is 0 Å². The van der Waals surface area contributed by atoms with Crippen molar-refractivity contribution in [2.75, 3.05) is 26.3 Å². The van der Waals surface area contributed by atoms with Crippen molar-refractivity contribution in [3.05, 3.63) is 35.1 Å². The Bertz CT molecular complexity index is 542. The van der Waals surface area contributed by atoms with E-state index in [0.29, 0.717) is 31.9 Å². The summed E-state index contributed by atoms with van der Waals surface area (Å²) in [7, 11) is 0. The molecule has 1 N–H and O–H groups in total. The van der Waals surface area contributed by atoms with Crippen LogP contribution in [0.5, 0.6) is 0 Å². The first-order valence-electron chi connectivity index (χ1n) is 7.10. The summed E-state index contributed by atoms with van der Waals surface area (Å²) in [6.45, 7) is 2.96. The number of nitrogens with zero attached hydrogens (tertiary/aromatic N) is 1. The van der Waals surface area contributed by atoms with E-state index in [-0.39, 0.29) is 11.4 Å². The molecule has 114 valence electrons. The second-order valence-electron chi connectivity index (χ2n) is 5.53. The minimum atomic E-state index is -1.05. The smallest absolute Gasteiger partial charge is 0.335 e. The fourth-order valence-corrected chi connectivity index (χ4v) is 3.01. The van der Waals surface area contributed by atoms with Gasteiger partial charge in [0.1, 0.15) is 5.82 Å². The molecule has 1 aromatic carbocycles. The Morgan fingerprint density at radius 2 is 2.14 bits per heavy atom. The van der Waals surface area contributed by atoms with Gasteiger partial charge in [-0.1, -0.05) is 0 Å². The van der Waals surface area contributed by atoms with Crippen LogP contribution in [-0.4, -0.2) is 48.1 Å². The molecule has 0 unspecified atom stereocenters. The average molecular weight is 295 g/mol. The van der Waals surface area contributed by atoms with E-state index in [4.69, 9.17) is 14.6 Å². The van der Waals surface area contributed by atoms with Gasteiger partial charge in [0.25, 0.3) is 0 Å². The highest BCUT2D eigenvalue weighted by atomic mass is 19.1. The van der Waals surface area contributed by atoms with E-state index in [0.717, 1.165) is 19.4 Å². The second kappa shape index (κ2) is 5.71. The van der Waals surface area contributed by atoms with Crippen LogP contribution >= 0.6 is 0 Å². The molecule has 5 nitrogen and oxygen atoms in total. The number of carbonyl (C=O) groups is 1. The molecule has 2 fully saturated rings. The molecule has 21 heavy (non-hydrogen) atoms. The van der Waals surface area contributed by atoms with Gasteiger partial charge in [-0.3, -0.25) is 4.90 Å².